The molecule has 0 aliphatic rings. The third-order valence-electron chi connectivity index (χ3n) is 4.28. The molecule has 0 atom stereocenters. The maximum Gasteiger partial charge on any atom is 0.317 e. The molecule has 1 aromatic heterocycles. The molecule has 0 aliphatic carbocycles. The highest BCUT2D eigenvalue weighted by molar-refractivity contribution is 5.90. The summed E-state index contributed by atoms with van der Waals surface area (Å²) in [6.45, 7) is 1.24. The van der Waals surface area contributed by atoms with Crippen LogP contribution in [0.4, 0.5) is 0 Å². The number of nitrogens with zero attached hydrogens (tertiary/aromatic N) is 2. The van der Waals surface area contributed by atoms with Gasteiger partial charge in [-0.3, -0.25) is 4.79 Å². The van der Waals surface area contributed by atoms with Gasteiger partial charge in [0.2, 0.25) is 0 Å². The van der Waals surface area contributed by atoms with Crippen molar-refractivity contribution in [2.75, 3.05) is 14.1 Å². The van der Waals surface area contributed by atoms with Gasteiger partial charge in [-0.2, -0.15) is 4.73 Å². The SMILES string of the molecule is CN(C)Cc1ccc(-c2ccccc2CNC(=O)c2cccc[n+]2[O-])cc1. The van der Waals surface area contributed by atoms with E-state index in [2.05, 4.69) is 34.5 Å². The first-order valence-corrected chi connectivity index (χ1v) is 8.83. The average molecular weight is 361 g/mol. The highest BCUT2D eigenvalue weighted by Crippen LogP contribution is 2.24. The Labute approximate surface area is 159 Å². The van der Waals surface area contributed by atoms with Gasteiger partial charge in [0.25, 0.3) is 5.69 Å². The Balaban J connectivity index is 1.76. The van der Waals surface area contributed by atoms with E-state index in [0.29, 0.717) is 11.3 Å². The normalized spacial score (nSPS) is 10.8. The molecule has 0 aliphatic heterocycles. The molecule has 3 rings (SSSR count). The molecular formula is C22H23N3O2. The van der Waals surface area contributed by atoms with Crippen molar-refractivity contribution in [2.45, 2.75) is 13.1 Å². The second-order valence-electron chi connectivity index (χ2n) is 6.69. The molecule has 0 unspecified atom stereocenters. The van der Waals surface area contributed by atoms with Gasteiger partial charge in [0.05, 0.1) is 0 Å². The van der Waals surface area contributed by atoms with E-state index in [4.69, 9.17) is 0 Å². The number of hydrogen-bond acceptors (Lipinski definition) is 3. The topological polar surface area (TPSA) is 59.3 Å². The standard InChI is InChI=1S/C22H23N3O2/c1-24(2)16-17-10-12-18(13-11-17)20-8-4-3-7-19(20)15-23-22(26)21-9-5-6-14-25(21)27/h3-14H,15-16H2,1-2H3,(H,23,26). The van der Waals surface area contributed by atoms with Crippen LogP contribution in [0.25, 0.3) is 11.1 Å². The zero-order valence-electron chi connectivity index (χ0n) is 15.6. The first-order valence-electron chi connectivity index (χ1n) is 8.83. The summed E-state index contributed by atoms with van der Waals surface area (Å²) in [6.07, 6.45) is 1.32. The molecule has 1 N–H and O–H groups in total. The van der Waals surface area contributed by atoms with Crippen molar-refractivity contribution in [3.63, 3.8) is 0 Å². The van der Waals surface area contributed by atoms with Crippen LogP contribution in [0.15, 0.2) is 72.9 Å². The van der Waals surface area contributed by atoms with Crippen LogP contribution in [0.5, 0.6) is 0 Å². The van der Waals surface area contributed by atoms with Crippen molar-refractivity contribution in [3.8, 4) is 11.1 Å². The summed E-state index contributed by atoms with van der Waals surface area (Å²) in [6, 6.07) is 21.2. The van der Waals surface area contributed by atoms with Crippen LogP contribution in [0.3, 0.4) is 0 Å². The molecule has 2 aromatic carbocycles. The lowest BCUT2D eigenvalue weighted by atomic mass is 9.98. The van der Waals surface area contributed by atoms with Gasteiger partial charge in [0, 0.05) is 25.2 Å². The van der Waals surface area contributed by atoms with Gasteiger partial charge in [-0.05, 0) is 42.4 Å². The Morgan fingerprint density at radius 2 is 1.70 bits per heavy atom. The molecule has 0 saturated carbocycles. The predicted octanol–water partition coefficient (Wildman–Crippen LogP) is 2.98. The van der Waals surface area contributed by atoms with Gasteiger partial charge >= 0.3 is 5.91 Å². The average Bonchev–Trinajstić information content (AvgIpc) is 2.67. The van der Waals surface area contributed by atoms with E-state index >= 15 is 0 Å². The van der Waals surface area contributed by atoms with Crippen molar-refractivity contribution in [3.05, 3.63) is 95.0 Å². The predicted molar refractivity (Wildman–Crippen MR) is 106 cm³/mol. The summed E-state index contributed by atoms with van der Waals surface area (Å²) in [5.41, 5.74) is 4.50. The van der Waals surface area contributed by atoms with Crippen molar-refractivity contribution < 1.29 is 9.52 Å². The van der Waals surface area contributed by atoms with Gasteiger partial charge in [0.1, 0.15) is 0 Å². The minimum Gasteiger partial charge on any atom is -0.618 e. The summed E-state index contributed by atoms with van der Waals surface area (Å²) in [4.78, 5) is 14.4. The van der Waals surface area contributed by atoms with E-state index in [1.807, 2.05) is 38.4 Å². The quantitative estimate of drug-likeness (QED) is 0.542. The second kappa shape index (κ2) is 8.47. The van der Waals surface area contributed by atoms with Crippen LogP contribution in [-0.4, -0.2) is 24.9 Å². The number of benzene rings is 2. The maximum absolute atomic E-state index is 12.3. The number of hydrogen-bond donors (Lipinski definition) is 1. The summed E-state index contributed by atoms with van der Waals surface area (Å²) >= 11 is 0. The maximum atomic E-state index is 12.3. The fourth-order valence-corrected chi connectivity index (χ4v) is 2.98. The molecule has 5 heteroatoms. The Bertz CT molecular complexity index is 921. The van der Waals surface area contributed by atoms with E-state index in [1.54, 1.807) is 12.1 Å². The van der Waals surface area contributed by atoms with E-state index in [1.165, 1.54) is 17.8 Å². The highest BCUT2D eigenvalue weighted by atomic mass is 16.5. The van der Waals surface area contributed by atoms with Gasteiger partial charge in [0.15, 0.2) is 6.20 Å². The first kappa shape index (κ1) is 18.6. The van der Waals surface area contributed by atoms with Crippen molar-refractivity contribution in [1.29, 1.82) is 0 Å². The highest BCUT2D eigenvalue weighted by Gasteiger charge is 2.15. The number of carbonyl (C=O) groups excluding carboxylic acids is 1. The Morgan fingerprint density at radius 1 is 1.00 bits per heavy atom. The molecule has 27 heavy (non-hydrogen) atoms. The van der Waals surface area contributed by atoms with E-state index in [0.717, 1.165) is 23.2 Å². The molecule has 138 valence electrons. The Hall–Kier alpha value is -3.18. The first-order chi connectivity index (χ1) is 13.0. The molecular weight excluding hydrogens is 338 g/mol. The lowest BCUT2D eigenvalue weighted by Crippen LogP contribution is -2.38. The molecule has 1 amide bonds. The van der Waals surface area contributed by atoms with Gasteiger partial charge in [-0.1, -0.05) is 48.5 Å². The number of amides is 1. The number of rotatable bonds is 6. The van der Waals surface area contributed by atoms with Gasteiger partial charge in [-0.15, -0.1) is 0 Å². The number of aromatic nitrogens is 1. The summed E-state index contributed by atoms with van der Waals surface area (Å²) in [5.74, 6) is -0.387. The number of pyridine rings is 1. The van der Waals surface area contributed by atoms with Crippen molar-refractivity contribution >= 4 is 5.91 Å². The summed E-state index contributed by atoms with van der Waals surface area (Å²) in [7, 11) is 4.09. The zero-order chi connectivity index (χ0) is 19.2. The smallest absolute Gasteiger partial charge is 0.317 e. The second-order valence-corrected chi connectivity index (χ2v) is 6.69. The van der Waals surface area contributed by atoms with Crippen LogP contribution >= 0.6 is 0 Å². The molecule has 0 bridgehead atoms. The number of carbonyl (C=O) groups is 1. The van der Waals surface area contributed by atoms with E-state index in [9.17, 15) is 10.0 Å². The molecule has 3 aromatic rings. The fraction of sp³-hybridized carbons (Fsp3) is 0.182. The fourth-order valence-electron chi connectivity index (χ4n) is 2.98. The largest absolute Gasteiger partial charge is 0.618 e. The minimum atomic E-state index is -0.387. The summed E-state index contributed by atoms with van der Waals surface area (Å²) < 4.78 is 0.574. The third kappa shape index (κ3) is 4.71. The Morgan fingerprint density at radius 3 is 2.41 bits per heavy atom. The van der Waals surface area contributed by atoms with Crippen LogP contribution < -0.4 is 10.0 Å². The number of nitrogens with one attached hydrogen (secondary N) is 1. The molecule has 0 saturated heterocycles. The lowest BCUT2D eigenvalue weighted by Gasteiger charge is -2.13. The van der Waals surface area contributed by atoms with Crippen LogP contribution in [0.2, 0.25) is 0 Å². The van der Waals surface area contributed by atoms with Crippen molar-refractivity contribution in [1.82, 2.24) is 10.2 Å². The van der Waals surface area contributed by atoms with Crippen LogP contribution in [-0.2, 0) is 13.1 Å². The van der Waals surface area contributed by atoms with Crippen molar-refractivity contribution in [2.24, 2.45) is 0 Å². The monoisotopic (exact) mass is 361 g/mol. The lowest BCUT2D eigenvalue weighted by molar-refractivity contribution is -0.607. The molecule has 0 radical (unpaired) electrons. The third-order valence-corrected chi connectivity index (χ3v) is 4.28. The molecule has 5 nitrogen and oxygen atoms in total. The molecule has 0 spiro atoms. The van der Waals surface area contributed by atoms with Gasteiger partial charge in [-0.25, -0.2) is 0 Å². The Kier molecular flexibility index (Phi) is 5.84. The zero-order valence-corrected chi connectivity index (χ0v) is 15.6. The van der Waals surface area contributed by atoms with E-state index in [-0.39, 0.29) is 11.6 Å². The molecule has 0 fully saturated rings. The summed E-state index contributed by atoms with van der Waals surface area (Å²) in [5, 5.41) is 14.6. The van der Waals surface area contributed by atoms with Gasteiger partial charge < -0.3 is 15.4 Å². The molecule has 1 heterocycles. The minimum absolute atomic E-state index is 0.0861. The van der Waals surface area contributed by atoms with Crippen LogP contribution in [0.1, 0.15) is 21.6 Å². The van der Waals surface area contributed by atoms with E-state index < -0.39 is 0 Å². The van der Waals surface area contributed by atoms with Crippen LogP contribution in [0, 0.1) is 5.21 Å².